The molecule has 1 amide bonds. The smallest absolute Gasteiger partial charge is 0.287 e. The van der Waals surface area contributed by atoms with Crippen molar-refractivity contribution in [1.29, 1.82) is 0 Å². The predicted molar refractivity (Wildman–Crippen MR) is 71.4 cm³/mol. The minimum Gasteiger partial charge on any atom is -0.444 e. The van der Waals surface area contributed by atoms with Crippen molar-refractivity contribution < 1.29 is 9.21 Å². The van der Waals surface area contributed by atoms with Gasteiger partial charge in [-0.05, 0) is 53.7 Å². The van der Waals surface area contributed by atoms with Crippen molar-refractivity contribution in [3.63, 3.8) is 0 Å². The lowest BCUT2D eigenvalue weighted by atomic mass is 9.92. The van der Waals surface area contributed by atoms with Crippen molar-refractivity contribution in [3.8, 4) is 0 Å². The summed E-state index contributed by atoms with van der Waals surface area (Å²) in [6.45, 7) is 0. The van der Waals surface area contributed by atoms with E-state index in [1.54, 1.807) is 12.1 Å². The maximum atomic E-state index is 11.8. The van der Waals surface area contributed by atoms with Crippen LogP contribution in [0.1, 0.15) is 36.2 Å². The fraction of sp³-hybridized carbons (Fsp3) is 0.545. The molecule has 0 saturated heterocycles. The number of halogens is 2. The number of nitrogens with two attached hydrogens (primary N) is 1. The third-order valence-electron chi connectivity index (χ3n) is 2.90. The van der Waals surface area contributed by atoms with Crippen molar-refractivity contribution in [2.24, 2.45) is 5.73 Å². The van der Waals surface area contributed by atoms with Crippen LogP contribution in [0.3, 0.4) is 0 Å². The second-order valence-electron chi connectivity index (χ2n) is 4.19. The van der Waals surface area contributed by atoms with E-state index in [4.69, 9.17) is 10.2 Å². The zero-order valence-corrected chi connectivity index (χ0v) is 11.7. The Morgan fingerprint density at radius 1 is 1.35 bits per heavy atom. The third kappa shape index (κ3) is 4.01. The van der Waals surface area contributed by atoms with Gasteiger partial charge in [0, 0.05) is 12.1 Å². The topological polar surface area (TPSA) is 68.3 Å². The molecular formula is C11H16BrClN2O2. The highest BCUT2D eigenvalue weighted by Gasteiger charge is 2.21. The Hall–Kier alpha value is -0.520. The molecule has 1 aliphatic carbocycles. The van der Waals surface area contributed by atoms with Crippen LogP contribution in [0, 0.1) is 0 Å². The first-order valence-electron chi connectivity index (χ1n) is 5.47. The lowest BCUT2D eigenvalue weighted by molar-refractivity contribution is 0.0896. The van der Waals surface area contributed by atoms with Crippen LogP contribution in [-0.4, -0.2) is 18.0 Å². The minimum absolute atomic E-state index is 0. The van der Waals surface area contributed by atoms with Crippen LogP contribution in [0.25, 0.3) is 0 Å². The Morgan fingerprint density at radius 3 is 2.53 bits per heavy atom. The molecule has 0 spiro atoms. The largest absolute Gasteiger partial charge is 0.444 e. The molecule has 17 heavy (non-hydrogen) atoms. The van der Waals surface area contributed by atoms with Crippen LogP contribution in [0.15, 0.2) is 21.2 Å². The highest BCUT2D eigenvalue weighted by atomic mass is 79.9. The Kier molecular flexibility index (Phi) is 5.49. The van der Waals surface area contributed by atoms with Gasteiger partial charge in [-0.2, -0.15) is 0 Å². The van der Waals surface area contributed by atoms with Gasteiger partial charge in [0.25, 0.3) is 5.91 Å². The summed E-state index contributed by atoms with van der Waals surface area (Å²) in [6, 6.07) is 3.90. The molecule has 2 rings (SSSR count). The highest BCUT2D eigenvalue weighted by Crippen LogP contribution is 2.18. The van der Waals surface area contributed by atoms with Crippen LogP contribution < -0.4 is 11.1 Å². The predicted octanol–water partition coefficient (Wildman–Crippen LogP) is 2.46. The molecule has 1 aromatic heterocycles. The summed E-state index contributed by atoms with van der Waals surface area (Å²) >= 11 is 3.17. The van der Waals surface area contributed by atoms with Crippen LogP contribution in [0.5, 0.6) is 0 Å². The molecule has 1 saturated carbocycles. The molecule has 3 N–H and O–H groups in total. The Bertz CT molecular complexity index is 375. The summed E-state index contributed by atoms with van der Waals surface area (Å²) in [5.74, 6) is 0.202. The number of carbonyl (C=O) groups excluding carboxylic acids is 1. The van der Waals surface area contributed by atoms with E-state index >= 15 is 0 Å². The fourth-order valence-corrected chi connectivity index (χ4v) is 2.26. The average molecular weight is 324 g/mol. The first-order chi connectivity index (χ1) is 7.65. The maximum absolute atomic E-state index is 11.8. The van der Waals surface area contributed by atoms with E-state index in [1.807, 2.05) is 0 Å². The molecule has 0 unspecified atom stereocenters. The normalized spacial score (nSPS) is 23.9. The van der Waals surface area contributed by atoms with E-state index in [2.05, 4.69) is 21.2 Å². The third-order valence-corrected chi connectivity index (χ3v) is 3.33. The van der Waals surface area contributed by atoms with Gasteiger partial charge in [-0.1, -0.05) is 0 Å². The molecule has 1 fully saturated rings. The summed E-state index contributed by atoms with van der Waals surface area (Å²) in [4.78, 5) is 11.8. The molecule has 1 aliphatic rings. The Balaban J connectivity index is 0.00000144. The van der Waals surface area contributed by atoms with Gasteiger partial charge in [0.05, 0.1) is 0 Å². The van der Waals surface area contributed by atoms with Crippen LogP contribution in [-0.2, 0) is 0 Å². The van der Waals surface area contributed by atoms with E-state index in [1.165, 1.54) is 0 Å². The number of rotatable bonds is 2. The maximum Gasteiger partial charge on any atom is 0.287 e. The van der Waals surface area contributed by atoms with Gasteiger partial charge in [0.15, 0.2) is 10.4 Å². The standard InChI is InChI=1S/C11H15BrN2O2.ClH/c12-10-6-5-9(16-10)11(15)14-8-3-1-7(13)2-4-8;/h5-8H,1-4,13H2,(H,14,15);1H. The second-order valence-corrected chi connectivity index (χ2v) is 4.97. The van der Waals surface area contributed by atoms with E-state index in [0.717, 1.165) is 25.7 Å². The van der Waals surface area contributed by atoms with Crippen molar-refractivity contribution >= 4 is 34.2 Å². The molecular weight excluding hydrogens is 307 g/mol. The van der Waals surface area contributed by atoms with Gasteiger partial charge < -0.3 is 15.5 Å². The van der Waals surface area contributed by atoms with E-state index in [-0.39, 0.29) is 24.4 Å². The number of furan rings is 1. The summed E-state index contributed by atoms with van der Waals surface area (Å²) in [6.07, 6.45) is 3.86. The first-order valence-corrected chi connectivity index (χ1v) is 6.26. The quantitative estimate of drug-likeness (QED) is 0.878. The summed E-state index contributed by atoms with van der Waals surface area (Å²) < 4.78 is 5.76. The molecule has 4 nitrogen and oxygen atoms in total. The molecule has 0 aliphatic heterocycles. The summed E-state index contributed by atoms with van der Waals surface area (Å²) in [5, 5.41) is 2.96. The Morgan fingerprint density at radius 2 is 2.00 bits per heavy atom. The van der Waals surface area contributed by atoms with E-state index < -0.39 is 0 Å². The SMILES string of the molecule is Cl.NC1CCC(NC(=O)c2ccc(Br)o2)CC1. The Labute approximate surface area is 115 Å². The number of carbonyl (C=O) groups is 1. The highest BCUT2D eigenvalue weighted by molar-refractivity contribution is 9.10. The van der Waals surface area contributed by atoms with E-state index in [9.17, 15) is 4.79 Å². The molecule has 6 heteroatoms. The van der Waals surface area contributed by atoms with Crippen molar-refractivity contribution in [3.05, 3.63) is 22.6 Å². The number of hydrogen-bond acceptors (Lipinski definition) is 3. The lowest BCUT2D eigenvalue weighted by Gasteiger charge is -2.26. The van der Waals surface area contributed by atoms with Gasteiger partial charge in [-0.15, -0.1) is 12.4 Å². The summed E-state index contributed by atoms with van der Waals surface area (Å²) in [7, 11) is 0. The monoisotopic (exact) mass is 322 g/mol. The molecule has 1 heterocycles. The van der Waals surface area contributed by atoms with E-state index in [0.29, 0.717) is 16.5 Å². The lowest BCUT2D eigenvalue weighted by Crippen LogP contribution is -2.40. The average Bonchev–Trinajstić information content (AvgIpc) is 2.68. The van der Waals surface area contributed by atoms with Gasteiger partial charge in [0.1, 0.15) is 0 Å². The zero-order chi connectivity index (χ0) is 11.5. The van der Waals surface area contributed by atoms with Crippen molar-refractivity contribution in [1.82, 2.24) is 5.32 Å². The van der Waals surface area contributed by atoms with Crippen LogP contribution in [0.2, 0.25) is 0 Å². The van der Waals surface area contributed by atoms with Gasteiger partial charge in [-0.25, -0.2) is 0 Å². The van der Waals surface area contributed by atoms with Crippen molar-refractivity contribution in [2.75, 3.05) is 0 Å². The molecule has 0 bridgehead atoms. The molecule has 0 radical (unpaired) electrons. The molecule has 0 atom stereocenters. The molecule has 0 aromatic carbocycles. The van der Waals surface area contributed by atoms with Crippen LogP contribution >= 0.6 is 28.3 Å². The van der Waals surface area contributed by atoms with Crippen LogP contribution in [0.4, 0.5) is 0 Å². The minimum atomic E-state index is -0.147. The number of amides is 1. The first kappa shape index (κ1) is 14.5. The van der Waals surface area contributed by atoms with Gasteiger partial charge in [0.2, 0.25) is 0 Å². The number of nitrogens with one attached hydrogen (secondary N) is 1. The van der Waals surface area contributed by atoms with Crippen molar-refractivity contribution in [2.45, 2.75) is 37.8 Å². The second kappa shape index (κ2) is 6.42. The zero-order valence-electron chi connectivity index (χ0n) is 9.32. The van der Waals surface area contributed by atoms with Gasteiger partial charge in [-0.3, -0.25) is 4.79 Å². The van der Waals surface area contributed by atoms with Gasteiger partial charge >= 0.3 is 0 Å². The number of hydrogen-bond donors (Lipinski definition) is 2. The summed E-state index contributed by atoms with van der Waals surface area (Å²) in [5.41, 5.74) is 5.80. The molecule has 96 valence electrons. The molecule has 1 aromatic rings. The fourth-order valence-electron chi connectivity index (χ4n) is 1.96.